The second kappa shape index (κ2) is 10.9. The van der Waals surface area contributed by atoms with Crippen molar-refractivity contribution in [2.75, 3.05) is 0 Å². The summed E-state index contributed by atoms with van der Waals surface area (Å²) in [6.07, 6.45) is 5.77. The molecule has 0 amide bonds. The van der Waals surface area contributed by atoms with Gasteiger partial charge in [0.2, 0.25) is 0 Å². The van der Waals surface area contributed by atoms with E-state index in [-0.39, 0.29) is 0 Å². The van der Waals surface area contributed by atoms with Crippen molar-refractivity contribution in [1.82, 2.24) is 9.55 Å². The molecule has 2 aromatic heterocycles. The van der Waals surface area contributed by atoms with Gasteiger partial charge in [-0.1, -0.05) is 97.8 Å². The van der Waals surface area contributed by atoms with Crippen LogP contribution in [0.4, 0.5) is 0 Å². The number of aromatic nitrogens is 2. The minimum Gasteiger partial charge on any atom is -0.487 e. The third-order valence-corrected chi connectivity index (χ3v) is 7.22. The molecule has 2 heterocycles. The Morgan fingerprint density at radius 2 is 1.30 bits per heavy atom. The molecule has 0 radical (unpaired) electrons. The lowest BCUT2D eigenvalue weighted by molar-refractivity contribution is 0.309. The summed E-state index contributed by atoms with van der Waals surface area (Å²) in [6, 6.07) is 38.3. The van der Waals surface area contributed by atoms with Crippen LogP contribution in [0.1, 0.15) is 36.9 Å². The summed E-state index contributed by atoms with van der Waals surface area (Å²) in [5.41, 5.74) is 5.95. The van der Waals surface area contributed by atoms with E-state index in [2.05, 4.69) is 83.4 Å². The smallest absolute Gasteiger partial charge is 0.146 e. The van der Waals surface area contributed by atoms with Crippen molar-refractivity contribution in [3.05, 3.63) is 120 Å². The maximum Gasteiger partial charge on any atom is 0.146 e. The van der Waals surface area contributed by atoms with Crippen molar-refractivity contribution < 1.29 is 4.74 Å². The Labute approximate surface area is 218 Å². The standard InChI is InChI=1S/C34H32N2O/c1(2-11-24-36-31-19-9-7-17-29(31)30-18-8-10-20-32(30)36)6-16-28-23-22-27-15-12-21-33(34(27)35-28)37-25-26-13-4-3-5-14-26/h3-5,7-10,12-15,17-23H,1-2,6,11,16,24-25H2. The third kappa shape index (κ3) is 5.08. The van der Waals surface area contributed by atoms with Crippen LogP contribution >= 0.6 is 0 Å². The molecule has 0 fully saturated rings. The number of hydrogen-bond acceptors (Lipinski definition) is 2. The molecule has 3 nitrogen and oxygen atoms in total. The van der Waals surface area contributed by atoms with Crippen LogP contribution in [0.5, 0.6) is 5.75 Å². The van der Waals surface area contributed by atoms with Crippen LogP contribution in [-0.4, -0.2) is 9.55 Å². The van der Waals surface area contributed by atoms with Gasteiger partial charge in [-0.25, -0.2) is 4.98 Å². The Morgan fingerprint density at radius 1 is 0.595 bits per heavy atom. The zero-order valence-electron chi connectivity index (χ0n) is 21.1. The first-order valence-electron chi connectivity index (χ1n) is 13.4. The van der Waals surface area contributed by atoms with E-state index in [1.165, 1.54) is 41.1 Å². The van der Waals surface area contributed by atoms with E-state index in [0.29, 0.717) is 6.61 Å². The summed E-state index contributed by atoms with van der Waals surface area (Å²) in [5.74, 6) is 0.856. The van der Waals surface area contributed by atoms with Crippen molar-refractivity contribution in [2.45, 2.75) is 45.3 Å². The SMILES string of the molecule is c1ccc(COc2cccc3ccc(CCCCCCn4c5ccccc5c5ccccc54)nc23)cc1. The van der Waals surface area contributed by atoms with Gasteiger partial charge < -0.3 is 9.30 Å². The van der Waals surface area contributed by atoms with Gasteiger partial charge in [-0.05, 0) is 49.1 Å². The lowest BCUT2D eigenvalue weighted by Crippen LogP contribution is -1.99. The van der Waals surface area contributed by atoms with Crippen LogP contribution in [0.25, 0.3) is 32.7 Å². The van der Waals surface area contributed by atoms with Crippen LogP contribution in [0.15, 0.2) is 109 Å². The summed E-state index contributed by atoms with van der Waals surface area (Å²) in [4.78, 5) is 4.99. The second-order valence-corrected chi connectivity index (χ2v) is 9.75. The van der Waals surface area contributed by atoms with E-state index in [1.807, 2.05) is 30.3 Å². The van der Waals surface area contributed by atoms with Gasteiger partial charge in [0, 0.05) is 39.4 Å². The fourth-order valence-corrected chi connectivity index (χ4v) is 5.33. The highest BCUT2D eigenvalue weighted by Crippen LogP contribution is 2.29. The number of hydrogen-bond donors (Lipinski definition) is 0. The molecular weight excluding hydrogens is 452 g/mol. The number of aryl methyl sites for hydroxylation is 2. The maximum absolute atomic E-state index is 6.15. The number of unbranched alkanes of at least 4 members (excludes halogenated alkanes) is 3. The fraction of sp³-hybridized carbons (Fsp3) is 0.206. The van der Waals surface area contributed by atoms with Gasteiger partial charge in [0.1, 0.15) is 17.9 Å². The highest BCUT2D eigenvalue weighted by atomic mass is 16.5. The zero-order valence-corrected chi connectivity index (χ0v) is 21.1. The summed E-state index contributed by atoms with van der Waals surface area (Å²) in [7, 11) is 0. The summed E-state index contributed by atoms with van der Waals surface area (Å²) < 4.78 is 8.64. The largest absolute Gasteiger partial charge is 0.487 e. The van der Waals surface area contributed by atoms with Crippen LogP contribution < -0.4 is 4.74 Å². The first-order chi connectivity index (χ1) is 18.4. The summed E-state index contributed by atoms with van der Waals surface area (Å²) >= 11 is 0. The minimum absolute atomic E-state index is 0.553. The Kier molecular flexibility index (Phi) is 6.85. The molecule has 37 heavy (non-hydrogen) atoms. The molecule has 6 rings (SSSR count). The lowest BCUT2D eigenvalue weighted by atomic mass is 10.1. The minimum atomic E-state index is 0.553. The van der Waals surface area contributed by atoms with E-state index in [0.717, 1.165) is 47.3 Å². The summed E-state index contributed by atoms with van der Waals surface area (Å²) in [6.45, 7) is 1.61. The predicted molar refractivity (Wildman–Crippen MR) is 154 cm³/mol. The quantitative estimate of drug-likeness (QED) is 0.182. The zero-order chi connectivity index (χ0) is 24.9. The molecule has 4 aromatic carbocycles. The molecule has 6 aromatic rings. The first-order valence-corrected chi connectivity index (χ1v) is 13.4. The summed E-state index contributed by atoms with van der Waals surface area (Å²) in [5, 5.41) is 3.83. The highest BCUT2D eigenvalue weighted by molar-refractivity contribution is 6.07. The average Bonchev–Trinajstić information content (AvgIpc) is 3.28. The van der Waals surface area contributed by atoms with Crippen LogP contribution in [-0.2, 0) is 19.6 Å². The molecule has 3 heteroatoms. The molecule has 0 N–H and O–H groups in total. The third-order valence-electron chi connectivity index (χ3n) is 7.22. The van der Waals surface area contributed by atoms with Crippen molar-refractivity contribution in [2.24, 2.45) is 0 Å². The van der Waals surface area contributed by atoms with E-state index in [1.54, 1.807) is 0 Å². The number of ether oxygens (including phenoxy) is 1. The molecule has 0 unspecified atom stereocenters. The number of fused-ring (bicyclic) bond motifs is 4. The van der Waals surface area contributed by atoms with E-state index >= 15 is 0 Å². The first kappa shape index (κ1) is 23.3. The molecule has 0 aliphatic carbocycles. The predicted octanol–water partition coefficient (Wildman–Crippen LogP) is 8.72. The normalized spacial score (nSPS) is 11.5. The van der Waals surface area contributed by atoms with Crippen LogP contribution in [0.3, 0.4) is 0 Å². The van der Waals surface area contributed by atoms with Gasteiger partial charge in [-0.3, -0.25) is 0 Å². The van der Waals surface area contributed by atoms with Gasteiger partial charge in [0.05, 0.1) is 0 Å². The van der Waals surface area contributed by atoms with Crippen molar-refractivity contribution in [3.63, 3.8) is 0 Å². The van der Waals surface area contributed by atoms with Gasteiger partial charge in [-0.2, -0.15) is 0 Å². The average molecular weight is 485 g/mol. The number of para-hydroxylation sites is 3. The molecule has 0 saturated heterocycles. The Hall–Kier alpha value is -4.11. The Morgan fingerprint density at radius 3 is 2.08 bits per heavy atom. The molecule has 0 aliphatic rings. The van der Waals surface area contributed by atoms with Crippen LogP contribution in [0.2, 0.25) is 0 Å². The number of benzene rings is 4. The molecule has 0 bridgehead atoms. The van der Waals surface area contributed by atoms with Gasteiger partial charge >= 0.3 is 0 Å². The lowest BCUT2D eigenvalue weighted by Gasteiger charge is -2.10. The number of nitrogens with zero attached hydrogens (tertiary/aromatic N) is 2. The molecule has 0 atom stereocenters. The molecule has 184 valence electrons. The van der Waals surface area contributed by atoms with E-state index in [9.17, 15) is 0 Å². The number of pyridine rings is 1. The van der Waals surface area contributed by atoms with Crippen molar-refractivity contribution in [3.8, 4) is 5.75 Å². The molecule has 0 aliphatic heterocycles. The van der Waals surface area contributed by atoms with Crippen molar-refractivity contribution in [1.29, 1.82) is 0 Å². The van der Waals surface area contributed by atoms with Crippen LogP contribution in [0, 0.1) is 0 Å². The Balaban J connectivity index is 1.05. The second-order valence-electron chi connectivity index (χ2n) is 9.75. The monoisotopic (exact) mass is 484 g/mol. The Bertz CT molecular complexity index is 1580. The van der Waals surface area contributed by atoms with Gasteiger partial charge in [0.25, 0.3) is 0 Å². The molecule has 0 saturated carbocycles. The van der Waals surface area contributed by atoms with Crippen molar-refractivity contribution >= 4 is 32.7 Å². The van der Waals surface area contributed by atoms with E-state index < -0.39 is 0 Å². The highest BCUT2D eigenvalue weighted by Gasteiger charge is 2.09. The molecule has 0 spiro atoms. The number of rotatable bonds is 10. The van der Waals surface area contributed by atoms with Gasteiger partial charge in [-0.15, -0.1) is 0 Å². The fourth-order valence-electron chi connectivity index (χ4n) is 5.33. The maximum atomic E-state index is 6.15. The topological polar surface area (TPSA) is 27.1 Å². The van der Waals surface area contributed by atoms with E-state index in [4.69, 9.17) is 9.72 Å². The van der Waals surface area contributed by atoms with Gasteiger partial charge in [0.15, 0.2) is 0 Å². The molecular formula is C34H32N2O.